The molecule has 2 aromatic rings. The van der Waals surface area contributed by atoms with Crippen LogP contribution >= 0.6 is 11.3 Å². The van der Waals surface area contributed by atoms with Gasteiger partial charge in [-0.1, -0.05) is 31.2 Å². The van der Waals surface area contributed by atoms with E-state index in [-0.39, 0.29) is 17.9 Å². The van der Waals surface area contributed by atoms with E-state index in [0.717, 1.165) is 12.0 Å². The molecule has 28 heavy (non-hydrogen) atoms. The maximum absolute atomic E-state index is 13.1. The van der Waals surface area contributed by atoms with Gasteiger partial charge in [0.2, 0.25) is 11.8 Å². The van der Waals surface area contributed by atoms with Crippen LogP contribution in [0.2, 0.25) is 0 Å². The summed E-state index contributed by atoms with van der Waals surface area (Å²) in [6.07, 6.45) is 2.76. The van der Waals surface area contributed by atoms with Crippen LogP contribution in [0.1, 0.15) is 45.6 Å². The highest BCUT2D eigenvalue weighted by Gasteiger charge is 2.45. The summed E-state index contributed by atoms with van der Waals surface area (Å²) in [5, 5.41) is 7.31. The van der Waals surface area contributed by atoms with Gasteiger partial charge in [0, 0.05) is 25.6 Å². The third-order valence-corrected chi connectivity index (χ3v) is 6.11. The fourth-order valence-electron chi connectivity index (χ4n) is 3.92. The molecular weight excluding hydrogens is 368 g/mol. The summed E-state index contributed by atoms with van der Waals surface area (Å²) in [5.41, 5.74) is 3.01. The van der Waals surface area contributed by atoms with Gasteiger partial charge in [-0.25, -0.2) is 0 Å². The van der Waals surface area contributed by atoms with Crippen LogP contribution in [0, 0.1) is 5.41 Å². The number of benzene rings is 1. The van der Waals surface area contributed by atoms with E-state index in [9.17, 15) is 9.59 Å². The standard InChI is InChI=1S/C23H30N2O2S/c1-4-5-21(26)25-12-11-23(16-25,22(27)24-17(2)3)14-18-6-8-19(9-7-18)20-10-13-28-15-20/h6-10,13,15,17H,4-5,11-12,14,16H2,1-3H3,(H,24,27). The van der Waals surface area contributed by atoms with Crippen molar-refractivity contribution in [3.8, 4) is 11.1 Å². The topological polar surface area (TPSA) is 49.4 Å². The number of hydrogen-bond donors (Lipinski definition) is 1. The van der Waals surface area contributed by atoms with E-state index >= 15 is 0 Å². The van der Waals surface area contributed by atoms with Gasteiger partial charge in [-0.3, -0.25) is 9.59 Å². The monoisotopic (exact) mass is 398 g/mol. The highest BCUT2D eigenvalue weighted by molar-refractivity contribution is 7.08. The van der Waals surface area contributed by atoms with Crippen molar-refractivity contribution in [3.05, 3.63) is 46.7 Å². The fraction of sp³-hybridized carbons (Fsp3) is 0.478. The minimum Gasteiger partial charge on any atom is -0.353 e. The van der Waals surface area contributed by atoms with Gasteiger partial charge in [0.15, 0.2) is 0 Å². The molecule has 1 aliphatic rings. The lowest BCUT2D eigenvalue weighted by atomic mass is 9.79. The van der Waals surface area contributed by atoms with Crippen molar-refractivity contribution in [1.82, 2.24) is 10.2 Å². The number of hydrogen-bond acceptors (Lipinski definition) is 3. The molecule has 0 spiro atoms. The molecule has 0 radical (unpaired) electrons. The number of nitrogens with one attached hydrogen (secondary N) is 1. The molecule has 1 aromatic carbocycles. The van der Waals surface area contributed by atoms with Crippen molar-refractivity contribution < 1.29 is 9.59 Å². The summed E-state index contributed by atoms with van der Waals surface area (Å²) in [7, 11) is 0. The number of likely N-dealkylation sites (tertiary alicyclic amines) is 1. The minimum absolute atomic E-state index is 0.0659. The lowest BCUT2D eigenvalue weighted by Gasteiger charge is -2.29. The second kappa shape index (κ2) is 8.91. The number of rotatable bonds is 7. The molecule has 150 valence electrons. The van der Waals surface area contributed by atoms with Crippen LogP contribution < -0.4 is 5.32 Å². The van der Waals surface area contributed by atoms with Gasteiger partial charge in [0.05, 0.1) is 5.41 Å². The van der Waals surface area contributed by atoms with Crippen molar-refractivity contribution in [1.29, 1.82) is 0 Å². The smallest absolute Gasteiger partial charge is 0.228 e. The molecule has 5 heteroatoms. The third-order valence-electron chi connectivity index (χ3n) is 5.42. The molecule has 2 heterocycles. The number of thiophene rings is 1. The number of carbonyl (C=O) groups excluding carboxylic acids is 2. The summed E-state index contributed by atoms with van der Waals surface area (Å²) in [6.45, 7) is 7.15. The minimum atomic E-state index is -0.544. The summed E-state index contributed by atoms with van der Waals surface area (Å²) < 4.78 is 0. The molecule has 1 unspecified atom stereocenters. The zero-order chi connectivity index (χ0) is 20.1. The fourth-order valence-corrected chi connectivity index (χ4v) is 4.58. The van der Waals surface area contributed by atoms with Crippen LogP contribution in [0.25, 0.3) is 11.1 Å². The van der Waals surface area contributed by atoms with Gasteiger partial charge < -0.3 is 10.2 Å². The van der Waals surface area contributed by atoms with E-state index in [2.05, 4.69) is 46.4 Å². The molecule has 1 aliphatic heterocycles. The molecule has 0 bridgehead atoms. The van der Waals surface area contributed by atoms with E-state index in [1.807, 2.05) is 25.7 Å². The van der Waals surface area contributed by atoms with Crippen molar-refractivity contribution in [2.75, 3.05) is 13.1 Å². The zero-order valence-corrected chi connectivity index (χ0v) is 17.8. The van der Waals surface area contributed by atoms with E-state index in [1.54, 1.807) is 11.3 Å². The van der Waals surface area contributed by atoms with Crippen LogP contribution in [0.4, 0.5) is 0 Å². The quantitative estimate of drug-likeness (QED) is 0.746. The predicted molar refractivity (Wildman–Crippen MR) is 115 cm³/mol. The Hall–Kier alpha value is -2.14. The molecule has 2 amide bonds. The summed E-state index contributed by atoms with van der Waals surface area (Å²) in [4.78, 5) is 27.4. The normalized spacial score (nSPS) is 19.2. The van der Waals surface area contributed by atoms with Crippen LogP contribution in [0.3, 0.4) is 0 Å². The van der Waals surface area contributed by atoms with Gasteiger partial charge in [0.1, 0.15) is 0 Å². The number of nitrogens with zero attached hydrogens (tertiary/aromatic N) is 1. The largest absolute Gasteiger partial charge is 0.353 e. The molecular formula is C23H30N2O2S. The molecule has 1 fully saturated rings. The first-order chi connectivity index (χ1) is 13.4. The van der Waals surface area contributed by atoms with Gasteiger partial charge >= 0.3 is 0 Å². The second-order valence-electron chi connectivity index (χ2n) is 8.11. The molecule has 0 aliphatic carbocycles. The average molecular weight is 399 g/mol. The van der Waals surface area contributed by atoms with E-state index in [0.29, 0.717) is 32.4 Å². The Bertz CT molecular complexity index is 799. The molecule has 3 rings (SSSR count). The molecule has 1 N–H and O–H groups in total. The second-order valence-corrected chi connectivity index (χ2v) is 8.89. The zero-order valence-electron chi connectivity index (χ0n) is 17.0. The first-order valence-electron chi connectivity index (χ1n) is 10.1. The highest BCUT2D eigenvalue weighted by Crippen LogP contribution is 2.36. The molecule has 1 saturated heterocycles. The Morgan fingerprint density at radius 1 is 1.18 bits per heavy atom. The Morgan fingerprint density at radius 3 is 2.54 bits per heavy atom. The maximum Gasteiger partial charge on any atom is 0.228 e. The lowest BCUT2D eigenvalue weighted by molar-refractivity contribution is -0.133. The molecule has 1 aromatic heterocycles. The van der Waals surface area contributed by atoms with Gasteiger partial charge in [0.25, 0.3) is 0 Å². The van der Waals surface area contributed by atoms with E-state index in [1.165, 1.54) is 11.1 Å². The van der Waals surface area contributed by atoms with Crippen molar-refractivity contribution in [3.63, 3.8) is 0 Å². The number of carbonyl (C=O) groups is 2. The summed E-state index contributed by atoms with van der Waals surface area (Å²) in [6, 6.07) is 10.7. The Labute approximate surface area is 172 Å². The number of amides is 2. The molecule has 4 nitrogen and oxygen atoms in total. The Morgan fingerprint density at radius 2 is 1.93 bits per heavy atom. The van der Waals surface area contributed by atoms with Gasteiger partial charge in [-0.05, 0) is 66.6 Å². The third kappa shape index (κ3) is 4.64. The SMILES string of the molecule is CCCC(=O)N1CCC(Cc2ccc(-c3ccsc3)cc2)(C(=O)NC(C)C)C1. The van der Waals surface area contributed by atoms with Gasteiger partial charge in [-0.15, -0.1) is 0 Å². The van der Waals surface area contributed by atoms with Gasteiger partial charge in [-0.2, -0.15) is 11.3 Å². The summed E-state index contributed by atoms with van der Waals surface area (Å²) in [5.74, 6) is 0.228. The maximum atomic E-state index is 13.1. The lowest BCUT2D eigenvalue weighted by Crippen LogP contribution is -2.47. The van der Waals surface area contributed by atoms with Crippen molar-refractivity contribution in [2.24, 2.45) is 5.41 Å². The van der Waals surface area contributed by atoms with E-state index in [4.69, 9.17) is 0 Å². The average Bonchev–Trinajstić information content (AvgIpc) is 3.33. The molecule has 1 atom stereocenters. The molecule has 0 saturated carbocycles. The van der Waals surface area contributed by atoms with Crippen LogP contribution in [-0.4, -0.2) is 35.8 Å². The van der Waals surface area contributed by atoms with Crippen LogP contribution in [0.15, 0.2) is 41.1 Å². The Kier molecular flexibility index (Phi) is 6.55. The first kappa shape index (κ1) is 20.6. The highest BCUT2D eigenvalue weighted by atomic mass is 32.1. The van der Waals surface area contributed by atoms with Crippen LogP contribution in [0.5, 0.6) is 0 Å². The van der Waals surface area contributed by atoms with Crippen LogP contribution in [-0.2, 0) is 16.0 Å². The summed E-state index contributed by atoms with van der Waals surface area (Å²) >= 11 is 1.69. The van der Waals surface area contributed by atoms with Crippen molar-refractivity contribution in [2.45, 2.75) is 52.5 Å². The van der Waals surface area contributed by atoms with Crippen molar-refractivity contribution >= 4 is 23.2 Å². The first-order valence-corrected chi connectivity index (χ1v) is 11.1. The predicted octanol–water partition coefficient (Wildman–Crippen LogP) is 4.50. The van der Waals surface area contributed by atoms with E-state index < -0.39 is 5.41 Å². The Balaban J connectivity index is 1.80.